The highest BCUT2D eigenvalue weighted by molar-refractivity contribution is 6.29. The van der Waals surface area contributed by atoms with Crippen molar-refractivity contribution in [1.29, 1.82) is 0 Å². The van der Waals surface area contributed by atoms with Crippen LogP contribution in [0.4, 0.5) is 10.6 Å². The van der Waals surface area contributed by atoms with Crippen molar-refractivity contribution in [2.45, 2.75) is 26.4 Å². The molecule has 0 unspecified atom stereocenters. The third kappa shape index (κ3) is 4.49. The van der Waals surface area contributed by atoms with E-state index < -0.39 is 5.60 Å². The van der Waals surface area contributed by atoms with E-state index in [0.717, 1.165) is 27.8 Å². The first-order valence-corrected chi connectivity index (χ1v) is 10.4. The fourth-order valence-corrected chi connectivity index (χ4v) is 3.73. The number of pyridine rings is 2. The number of halogens is 1. The van der Waals surface area contributed by atoms with Crippen LogP contribution < -0.4 is 4.90 Å². The van der Waals surface area contributed by atoms with E-state index in [1.807, 2.05) is 45.0 Å². The van der Waals surface area contributed by atoms with Gasteiger partial charge in [-0.25, -0.2) is 14.8 Å². The van der Waals surface area contributed by atoms with Crippen LogP contribution >= 0.6 is 11.6 Å². The van der Waals surface area contributed by atoms with E-state index >= 15 is 0 Å². The number of anilines is 1. The number of hydrogen-bond acceptors (Lipinski definition) is 5. The molecule has 7 heteroatoms. The van der Waals surface area contributed by atoms with Crippen molar-refractivity contribution >= 4 is 34.3 Å². The number of rotatable bonds is 2. The molecule has 0 spiro atoms. The van der Waals surface area contributed by atoms with Crippen LogP contribution in [-0.4, -0.2) is 52.7 Å². The molecule has 0 atom stereocenters. The average molecular weight is 425 g/mol. The van der Waals surface area contributed by atoms with Crippen LogP contribution in [0.25, 0.3) is 22.0 Å². The molecule has 1 fully saturated rings. The molecule has 0 N–H and O–H groups in total. The number of carbonyl (C=O) groups excluding carboxylic acids is 1. The van der Waals surface area contributed by atoms with Crippen molar-refractivity contribution in [1.82, 2.24) is 14.9 Å². The summed E-state index contributed by atoms with van der Waals surface area (Å²) in [6, 6.07) is 14.0. The van der Waals surface area contributed by atoms with Gasteiger partial charge >= 0.3 is 6.09 Å². The minimum atomic E-state index is -0.494. The highest BCUT2D eigenvalue weighted by Crippen LogP contribution is 2.31. The van der Waals surface area contributed by atoms with Crippen LogP contribution in [0.15, 0.2) is 48.7 Å². The van der Waals surface area contributed by atoms with Crippen molar-refractivity contribution in [2.75, 3.05) is 31.1 Å². The average Bonchev–Trinajstić information content (AvgIpc) is 2.72. The van der Waals surface area contributed by atoms with Crippen LogP contribution in [0.2, 0.25) is 5.15 Å². The summed E-state index contributed by atoms with van der Waals surface area (Å²) in [6.45, 7) is 8.22. The molecule has 0 aliphatic carbocycles. The lowest BCUT2D eigenvalue weighted by molar-refractivity contribution is 0.0240. The van der Waals surface area contributed by atoms with Gasteiger partial charge in [0.1, 0.15) is 16.6 Å². The molecule has 1 aliphatic heterocycles. The number of aromatic nitrogens is 2. The van der Waals surface area contributed by atoms with Crippen LogP contribution in [0.3, 0.4) is 0 Å². The fourth-order valence-electron chi connectivity index (χ4n) is 3.56. The van der Waals surface area contributed by atoms with Crippen LogP contribution in [0, 0.1) is 0 Å². The molecule has 1 aromatic carbocycles. The van der Waals surface area contributed by atoms with E-state index in [9.17, 15) is 4.79 Å². The zero-order valence-corrected chi connectivity index (χ0v) is 18.2. The maximum atomic E-state index is 12.4. The molecule has 1 aliphatic rings. The molecule has 0 bridgehead atoms. The zero-order valence-electron chi connectivity index (χ0n) is 17.4. The second-order valence-electron chi connectivity index (χ2n) is 8.37. The number of ether oxygens (including phenoxy) is 1. The minimum absolute atomic E-state index is 0.264. The number of benzene rings is 1. The molecule has 6 nitrogen and oxygen atoms in total. The van der Waals surface area contributed by atoms with Gasteiger partial charge < -0.3 is 14.5 Å². The Balaban J connectivity index is 1.62. The third-order valence-corrected chi connectivity index (χ3v) is 5.18. The van der Waals surface area contributed by atoms with E-state index in [2.05, 4.69) is 28.1 Å². The lowest BCUT2D eigenvalue weighted by atomic mass is 10.1. The largest absolute Gasteiger partial charge is 0.444 e. The highest BCUT2D eigenvalue weighted by Gasteiger charge is 2.27. The van der Waals surface area contributed by atoms with Gasteiger partial charge in [-0.05, 0) is 44.4 Å². The lowest BCUT2D eigenvalue weighted by Crippen LogP contribution is -2.50. The van der Waals surface area contributed by atoms with Gasteiger partial charge in [0.15, 0.2) is 0 Å². The standard InChI is InChI=1S/C23H25ClN4O2/c1-23(2,3)30-22(29)28-12-10-27(11-13-28)21-18-7-5-4-6-16(18)14-19(26-21)17-8-9-25-20(24)15-17/h4-9,14-15H,10-13H2,1-3H3. The van der Waals surface area contributed by atoms with Gasteiger partial charge in [0.25, 0.3) is 0 Å². The highest BCUT2D eigenvalue weighted by atomic mass is 35.5. The van der Waals surface area contributed by atoms with Gasteiger partial charge in [0.2, 0.25) is 0 Å². The molecular formula is C23H25ClN4O2. The molecule has 0 saturated carbocycles. The summed E-state index contributed by atoms with van der Waals surface area (Å²) in [7, 11) is 0. The smallest absolute Gasteiger partial charge is 0.410 e. The molecule has 3 heterocycles. The Morgan fingerprint density at radius 3 is 2.50 bits per heavy atom. The number of piperazine rings is 1. The quantitative estimate of drug-likeness (QED) is 0.541. The number of amides is 1. The van der Waals surface area contributed by atoms with Gasteiger partial charge in [-0.3, -0.25) is 0 Å². The van der Waals surface area contributed by atoms with Crippen molar-refractivity contribution in [3.8, 4) is 11.3 Å². The monoisotopic (exact) mass is 424 g/mol. The summed E-state index contributed by atoms with van der Waals surface area (Å²) in [4.78, 5) is 25.4. The molecule has 4 rings (SSSR count). The molecule has 1 saturated heterocycles. The van der Waals surface area contributed by atoms with Gasteiger partial charge in [0.05, 0.1) is 5.69 Å². The van der Waals surface area contributed by atoms with Crippen LogP contribution in [0.5, 0.6) is 0 Å². The number of fused-ring (bicyclic) bond motifs is 1. The number of nitrogens with zero attached hydrogens (tertiary/aromatic N) is 4. The minimum Gasteiger partial charge on any atom is -0.444 e. The van der Waals surface area contributed by atoms with Gasteiger partial charge in [-0.2, -0.15) is 0 Å². The van der Waals surface area contributed by atoms with Crippen molar-refractivity contribution in [3.63, 3.8) is 0 Å². The lowest BCUT2D eigenvalue weighted by Gasteiger charge is -2.36. The predicted molar refractivity (Wildman–Crippen MR) is 120 cm³/mol. The first-order valence-electron chi connectivity index (χ1n) is 10.0. The maximum absolute atomic E-state index is 12.4. The van der Waals surface area contributed by atoms with Crippen molar-refractivity contribution < 1.29 is 9.53 Å². The van der Waals surface area contributed by atoms with Crippen molar-refractivity contribution in [3.05, 3.63) is 53.8 Å². The molecule has 156 valence electrons. The molecule has 30 heavy (non-hydrogen) atoms. The summed E-state index contributed by atoms with van der Waals surface area (Å²) in [5.74, 6) is 0.917. The first-order chi connectivity index (χ1) is 14.3. The summed E-state index contributed by atoms with van der Waals surface area (Å²) in [6.07, 6.45) is 1.42. The SMILES string of the molecule is CC(C)(C)OC(=O)N1CCN(c2nc(-c3ccnc(Cl)c3)cc3ccccc23)CC1. The van der Waals surface area contributed by atoms with E-state index in [1.54, 1.807) is 11.1 Å². The summed E-state index contributed by atoms with van der Waals surface area (Å²) >= 11 is 6.09. The number of hydrogen-bond donors (Lipinski definition) is 0. The molecular weight excluding hydrogens is 400 g/mol. The summed E-state index contributed by atoms with van der Waals surface area (Å²) < 4.78 is 5.51. The zero-order chi connectivity index (χ0) is 21.3. The normalized spacial score (nSPS) is 14.8. The van der Waals surface area contributed by atoms with Crippen molar-refractivity contribution in [2.24, 2.45) is 0 Å². The Morgan fingerprint density at radius 2 is 1.80 bits per heavy atom. The first kappa shape index (κ1) is 20.4. The Labute approximate surface area is 181 Å². The van der Waals surface area contributed by atoms with Gasteiger partial charge in [-0.15, -0.1) is 0 Å². The predicted octanol–water partition coefficient (Wildman–Crippen LogP) is 5.01. The topological polar surface area (TPSA) is 58.6 Å². The Bertz CT molecular complexity index is 1070. The fraction of sp³-hybridized carbons (Fsp3) is 0.348. The second kappa shape index (κ2) is 8.11. The van der Waals surface area contributed by atoms with Crippen LogP contribution in [-0.2, 0) is 4.74 Å². The van der Waals surface area contributed by atoms with E-state index in [-0.39, 0.29) is 6.09 Å². The van der Waals surface area contributed by atoms with E-state index in [0.29, 0.717) is 31.3 Å². The van der Waals surface area contributed by atoms with E-state index in [4.69, 9.17) is 21.3 Å². The molecule has 2 aromatic heterocycles. The third-order valence-electron chi connectivity index (χ3n) is 4.97. The Morgan fingerprint density at radius 1 is 1.07 bits per heavy atom. The van der Waals surface area contributed by atoms with Gasteiger partial charge in [-0.1, -0.05) is 35.9 Å². The Hall–Kier alpha value is -2.86. The molecule has 0 radical (unpaired) electrons. The number of carbonyl (C=O) groups is 1. The van der Waals surface area contributed by atoms with Crippen LogP contribution in [0.1, 0.15) is 20.8 Å². The second-order valence-corrected chi connectivity index (χ2v) is 8.76. The van der Waals surface area contributed by atoms with Gasteiger partial charge in [0, 0.05) is 43.3 Å². The summed E-state index contributed by atoms with van der Waals surface area (Å²) in [5, 5.41) is 2.64. The molecule has 1 amide bonds. The van der Waals surface area contributed by atoms with E-state index in [1.165, 1.54) is 0 Å². The maximum Gasteiger partial charge on any atom is 0.410 e. The summed E-state index contributed by atoms with van der Waals surface area (Å²) in [5.41, 5.74) is 1.28. The molecule has 3 aromatic rings. The Kier molecular flexibility index (Phi) is 5.52.